The maximum atomic E-state index is 9.47. The zero-order chi connectivity index (χ0) is 13.3. The summed E-state index contributed by atoms with van der Waals surface area (Å²) in [6.07, 6.45) is 3.60. The van der Waals surface area contributed by atoms with Gasteiger partial charge in [-0.25, -0.2) is 0 Å². The average molecular weight is 256 g/mol. The lowest BCUT2D eigenvalue weighted by molar-refractivity contribution is 0.0389. The van der Waals surface area contributed by atoms with Gasteiger partial charge in [0.15, 0.2) is 0 Å². The molecule has 2 aliphatic carbocycles. The van der Waals surface area contributed by atoms with E-state index in [-0.39, 0.29) is 11.5 Å². The van der Waals surface area contributed by atoms with Gasteiger partial charge in [-0.1, -0.05) is 30.3 Å². The molecule has 3 rings (SSSR count). The van der Waals surface area contributed by atoms with Crippen LogP contribution in [0.2, 0.25) is 0 Å². The van der Waals surface area contributed by atoms with E-state index in [4.69, 9.17) is 0 Å². The number of nitrogens with zero attached hydrogens (tertiary/aromatic N) is 1. The Labute approximate surface area is 114 Å². The van der Waals surface area contributed by atoms with E-state index >= 15 is 0 Å². The van der Waals surface area contributed by atoms with Crippen molar-refractivity contribution in [1.82, 2.24) is 5.32 Å². The maximum absolute atomic E-state index is 9.47. The van der Waals surface area contributed by atoms with Crippen LogP contribution < -0.4 is 5.32 Å². The van der Waals surface area contributed by atoms with E-state index in [0.717, 1.165) is 37.8 Å². The predicted molar refractivity (Wildman–Crippen MR) is 73.5 cm³/mol. The maximum Gasteiger partial charge on any atom is 0.0852 e. The Balaban J connectivity index is 1.51. The molecule has 0 spiro atoms. The summed E-state index contributed by atoms with van der Waals surface area (Å²) in [4.78, 5) is 0. The third kappa shape index (κ3) is 2.39. The number of nitrogens with one attached hydrogen (secondary N) is 1. The molecule has 0 aliphatic heterocycles. The largest absolute Gasteiger partial charge is 0.393 e. The minimum atomic E-state index is -0.280. The van der Waals surface area contributed by atoms with Gasteiger partial charge in [-0.2, -0.15) is 5.26 Å². The number of hydrogen-bond donors (Lipinski definition) is 2. The van der Waals surface area contributed by atoms with Crippen LogP contribution in [0.25, 0.3) is 0 Å². The Morgan fingerprint density at radius 2 is 1.95 bits per heavy atom. The first-order valence-electron chi connectivity index (χ1n) is 7.10. The third-order valence-electron chi connectivity index (χ3n) is 4.64. The van der Waals surface area contributed by atoms with Crippen molar-refractivity contribution >= 4 is 0 Å². The van der Waals surface area contributed by atoms with Crippen LogP contribution >= 0.6 is 0 Å². The molecule has 0 saturated heterocycles. The summed E-state index contributed by atoms with van der Waals surface area (Å²) in [5, 5.41) is 22.3. The molecule has 3 nitrogen and oxygen atoms in total. The van der Waals surface area contributed by atoms with Gasteiger partial charge in [0.25, 0.3) is 0 Å². The smallest absolute Gasteiger partial charge is 0.0852 e. The summed E-state index contributed by atoms with van der Waals surface area (Å²) < 4.78 is 0. The summed E-state index contributed by atoms with van der Waals surface area (Å²) in [5.74, 6) is 0.629. The van der Waals surface area contributed by atoms with E-state index in [1.54, 1.807) is 0 Å². The second kappa shape index (κ2) is 4.96. The molecule has 19 heavy (non-hydrogen) atoms. The van der Waals surface area contributed by atoms with E-state index in [9.17, 15) is 10.4 Å². The molecule has 1 aromatic carbocycles. The SMILES string of the molecule is N#CC1(c2ccccc2)CC(NCC2CC(O)C2)C1. The number of rotatable bonds is 4. The fraction of sp³-hybridized carbons (Fsp3) is 0.562. The van der Waals surface area contributed by atoms with Crippen molar-refractivity contribution in [3.05, 3.63) is 35.9 Å². The monoisotopic (exact) mass is 256 g/mol. The second-order valence-electron chi connectivity index (χ2n) is 6.06. The van der Waals surface area contributed by atoms with E-state index in [1.165, 1.54) is 0 Å². The Kier molecular flexibility index (Phi) is 3.30. The van der Waals surface area contributed by atoms with Gasteiger partial charge < -0.3 is 10.4 Å². The number of hydrogen-bond acceptors (Lipinski definition) is 3. The van der Waals surface area contributed by atoms with Crippen molar-refractivity contribution in [3.63, 3.8) is 0 Å². The quantitative estimate of drug-likeness (QED) is 0.866. The minimum Gasteiger partial charge on any atom is -0.393 e. The highest BCUT2D eigenvalue weighted by Crippen LogP contribution is 2.43. The summed E-state index contributed by atoms with van der Waals surface area (Å²) >= 11 is 0. The lowest BCUT2D eigenvalue weighted by Crippen LogP contribution is -2.52. The van der Waals surface area contributed by atoms with Crippen LogP contribution in [-0.4, -0.2) is 23.8 Å². The van der Waals surface area contributed by atoms with Gasteiger partial charge in [0.2, 0.25) is 0 Å². The molecule has 2 fully saturated rings. The molecular formula is C16H20N2O. The Morgan fingerprint density at radius 1 is 1.26 bits per heavy atom. The van der Waals surface area contributed by atoms with Crippen molar-refractivity contribution in [2.24, 2.45) is 5.92 Å². The van der Waals surface area contributed by atoms with Crippen LogP contribution in [0.4, 0.5) is 0 Å². The van der Waals surface area contributed by atoms with Gasteiger partial charge in [-0.3, -0.25) is 0 Å². The average Bonchev–Trinajstić information content (AvgIpc) is 2.36. The number of aliphatic hydroxyl groups excluding tert-OH is 1. The second-order valence-corrected chi connectivity index (χ2v) is 6.06. The molecule has 0 aromatic heterocycles. The van der Waals surface area contributed by atoms with Crippen LogP contribution in [0, 0.1) is 17.2 Å². The normalized spacial score (nSPS) is 36.9. The number of nitriles is 1. The minimum absolute atomic E-state index is 0.0734. The van der Waals surface area contributed by atoms with E-state index < -0.39 is 0 Å². The van der Waals surface area contributed by atoms with Crippen molar-refractivity contribution < 1.29 is 5.11 Å². The molecule has 2 N–H and O–H groups in total. The van der Waals surface area contributed by atoms with Gasteiger partial charge in [-0.15, -0.1) is 0 Å². The van der Waals surface area contributed by atoms with Crippen LogP contribution in [0.3, 0.4) is 0 Å². The van der Waals surface area contributed by atoms with E-state index in [1.807, 2.05) is 18.2 Å². The van der Waals surface area contributed by atoms with Crippen molar-refractivity contribution in [2.75, 3.05) is 6.54 Å². The molecule has 2 saturated carbocycles. The fourth-order valence-electron chi connectivity index (χ4n) is 3.28. The Hall–Kier alpha value is -1.37. The van der Waals surface area contributed by atoms with Crippen molar-refractivity contribution in [3.8, 4) is 6.07 Å². The Bertz CT molecular complexity index is 467. The van der Waals surface area contributed by atoms with Gasteiger partial charge >= 0.3 is 0 Å². The van der Waals surface area contributed by atoms with Crippen molar-refractivity contribution in [2.45, 2.75) is 43.2 Å². The van der Waals surface area contributed by atoms with Crippen LogP contribution in [0.1, 0.15) is 31.2 Å². The molecule has 0 atom stereocenters. The molecule has 0 bridgehead atoms. The van der Waals surface area contributed by atoms with Gasteiger partial charge in [0.1, 0.15) is 0 Å². The summed E-state index contributed by atoms with van der Waals surface area (Å²) in [6, 6.07) is 13.1. The highest BCUT2D eigenvalue weighted by molar-refractivity contribution is 5.36. The number of aliphatic hydroxyl groups is 1. The van der Waals surface area contributed by atoms with Crippen LogP contribution in [-0.2, 0) is 5.41 Å². The molecule has 0 unspecified atom stereocenters. The van der Waals surface area contributed by atoms with E-state index in [2.05, 4.69) is 23.5 Å². The van der Waals surface area contributed by atoms with Gasteiger partial charge in [0, 0.05) is 6.04 Å². The first-order valence-corrected chi connectivity index (χ1v) is 7.10. The standard InChI is InChI=1S/C16H20N2O/c17-11-16(13-4-2-1-3-5-13)8-14(9-16)18-10-12-6-15(19)7-12/h1-5,12,14-15,18-19H,6-10H2. The topological polar surface area (TPSA) is 56.0 Å². The zero-order valence-corrected chi connectivity index (χ0v) is 11.0. The van der Waals surface area contributed by atoms with Crippen molar-refractivity contribution in [1.29, 1.82) is 5.26 Å². The first kappa shape index (κ1) is 12.7. The molecule has 0 radical (unpaired) electrons. The third-order valence-corrected chi connectivity index (χ3v) is 4.64. The van der Waals surface area contributed by atoms with Gasteiger partial charge in [-0.05, 0) is 43.7 Å². The molecule has 0 amide bonds. The first-order chi connectivity index (χ1) is 9.22. The summed E-state index contributed by atoms with van der Waals surface area (Å²) in [5.41, 5.74) is 0.868. The highest BCUT2D eigenvalue weighted by Gasteiger charge is 2.46. The molecule has 3 heteroatoms. The Morgan fingerprint density at radius 3 is 2.53 bits per heavy atom. The lowest BCUT2D eigenvalue weighted by atomic mass is 9.62. The highest BCUT2D eigenvalue weighted by atomic mass is 16.3. The van der Waals surface area contributed by atoms with Gasteiger partial charge in [0.05, 0.1) is 17.6 Å². The molecule has 0 heterocycles. The molecule has 1 aromatic rings. The predicted octanol–water partition coefficient (Wildman–Crippen LogP) is 1.97. The zero-order valence-electron chi connectivity index (χ0n) is 11.0. The summed E-state index contributed by atoms with van der Waals surface area (Å²) in [6.45, 7) is 0.984. The molecule has 100 valence electrons. The van der Waals surface area contributed by atoms with Crippen LogP contribution in [0.5, 0.6) is 0 Å². The number of benzene rings is 1. The molecule has 2 aliphatic rings. The molecular weight excluding hydrogens is 236 g/mol. The lowest BCUT2D eigenvalue weighted by Gasteiger charge is -2.44. The fourth-order valence-corrected chi connectivity index (χ4v) is 3.28. The van der Waals surface area contributed by atoms with E-state index in [0.29, 0.717) is 12.0 Å². The summed E-state index contributed by atoms with van der Waals surface area (Å²) in [7, 11) is 0. The van der Waals surface area contributed by atoms with Crippen LogP contribution in [0.15, 0.2) is 30.3 Å².